The van der Waals surface area contributed by atoms with Crippen LogP contribution in [0.25, 0.3) is 0 Å². The molecule has 1 fully saturated rings. The predicted molar refractivity (Wildman–Crippen MR) is 135 cm³/mol. The van der Waals surface area contributed by atoms with Gasteiger partial charge in [0.25, 0.3) is 0 Å². The van der Waals surface area contributed by atoms with Crippen LogP contribution in [-0.4, -0.2) is 49.0 Å². The summed E-state index contributed by atoms with van der Waals surface area (Å²) in [6, 6.07) is 15.7. The zero-order valence-corrected chi connectivity index (χ0v) is 20.6. The maximum Gasteiger partial charge on any atom is 0.231 e. The number of nitrogens with one attached hydrogen (secondary N) is 1. The first-order chi connectivity index (χ1) is 17.0. The number of benzene rings is 2. The van der Waals surface area contributed by atoms with E-state index in [4.69, 9.17) is 9.47 Å². The van der Waals surface area contributed by atoms with Crippen molar-refractivity contribution in [1.82, 2.24) is 9.88 Å². The fourth-order valence-electron chi connectivity index (χ4n) is 4.61. The van der Waals surface area contributed by atoms with Crippen LogP contribution in [0.4, 0.5) is 10.8 Å². The molecular formula is C26H28N4O4S. The van der Waals surface area contributed by atoms with Gasteiger partial charge in [-0.05, 0) is 17.7 Å². The molecule has 1 saturated heterocycles. The average molecular weight is 493 g/mol. The smallest absolute Gasteiger partial charge is 0.231 e. The molecule has 1 atom stereocenters. The quantitative estimate of drug-likeness (QED) is 0.541. The lowest BCUT2D eigenvalue weighted by atomic mass is 10.1. The van der Waals surface area contributed by atoms with E-state index in [0.29, 0.717) is 22.3 Å². The minimum Gasteiger partial charge on any atom is -0.497 e. The largest absolute Gasteiger partial charge is 0.497 e. The third-order valence-electron chi connectivity index (χ3n) is 6.46. The van der Waals surface area contributed by atoms with Gasteiger partial charge in [0.15, 0.2) is 5.13 Å². The number of carbonyl (C=O) groups excluding carboxylic acids is 2. The van der Waals surface area contributed by atoms with Gasteiger partial charge in [0, 0.05) is 50.0 Å². The Morgan fingerprint density at radius 2 is 2.00 bits per heavy atom. The maximum atomic E-state index is 13.0. The Morgan fingerprint density at radius 3 is 2.77 bits per heavy atom. The Hall–Kier alpha value is -3.43. The van der Waals surface area contributed by atoms with Gasteiger partial charge < -0.3 is 19.7 Å². The van der Waals surface area contributed by atoms with E-state index in [-0.39, 0.29) is 24.8 Å². The number of rotatable bonds is 7. The molecule has 2 aromatic carbocycles. The number of methoxy groups -OCH3 is 2. The Labute approximate surface area is 208 Å². The number of ether oxygens (including phenoxy) is 2. The van der Waals surface area contributed by atoms with Crippen molar-refractivity contribution in [2.24, 2.45) is 5.92 Å². The molecule has 5 rings (SSSR count). The average Bonchev–Trinajstić information content (AvgIpc) is 3.46. The van der Waals surface area contributed by atoms with Crippen molar-refractivity contribution >= 4 is 34.0 Å². The van der Waals surface area contributed by atoms with Crippen LogP contribution >= 0.6 is 11.3 Å². The van der Waals surface area contributed by atoms with Crippen LogP contribution < -0.4 is 19.7 Å². The number of carbonyl (C=O) groups is 2. The van der Waals surface area contributed by atoms with Crippen molar-refractivity contribution in [2.75, 3.05) is 37.5 Å². The Morgan fingerprint density at radius 1 is 1.17 bits per heavy atom. The fourth-order valence-corrected chi connectivity index (χ4v) is 5.66. The normalized spacial score (nSPS) is 17.8. The van der Waals surface area contributed by atoms with Crippen molar-refractivity contribution < 1.29 is 19.1 Å². The first kappa shape index (κ1) is 23.3. The van der Waals surface area contributed by atoms with Crippen molar-refractivity contribution in [1.29, 1.82) is 0 Å². The van der Waals surface area contributed by atoms with E-state index in [0.717, 1.165) is 31.7 Å². The molecule has 1 aromatic heterocycles. The molecule has 0 aliphatic carbocycles. The molecule has 8 nitrogen and oxygen atoms in total. The first-order valence-corrected chi connectivity index (χ1v) is 12.4. The molecule has 0 bridgehead atoms. The number of thiazole rings is 1. The molecule has 3 heterocycles. The van der Waals surface area contributed by atoms with Gasteiger partial charge in [-0.2, -0.15) is 0 Å². The number of anilines is 2. The third-order valence-corrected chi connectivity index (χ3v) is 7.46. The van der Waals surface area contributed by atoms with Crippen LogP contribution in [0.1, 0.15) is 22.6 Å². The highest BCUT2D eigenvalue weighted by Crippen LogP contribution is 2.36. The summed E-state index contributed by atoms with van der Waals surface area (Å²) in [5, 5.41) is 3.57. The molecule has 182 valence electrons. The van der Waals surface area contributed by atoms with Crippen LogP contribution in [0.5, 0.6) is 11.5 Å². The monoisotopic (exact) mass is 492 g/mol. The highest BCUT2D eigenvalue weighted by Gasteiger charge is 2.37. The lowest BCUT2D eigenvalue weighted by Crippen LogP contribution is -2.29. The highest BCUT2D eigenvalue weighted by molar-refractivity contribution is 7.15. The second-order valence-electron chi connectivity index (χ2n) is 8.77. The lowest BCUT2D eigenvalue weighted by molar-refractivity contribution is -0.122. The molecule has 0 saturated carbocycles. The lowest BCUT2D eigenvalue weighted by Gasteiger charge is -2.25. The second-order valence-corrected chi connectivity index (χ2v) is 9.85. The van der Waals surface area contributed by atoms with E-state index in [2.05, 4.69) is 39.5 Å². The van der Waals surface area contributed by atoms with Gasteiger partial charge in [-0.15, -0.1) is 11.3 Å². The van der Waals surface area contributed by atoms with Gasteiger partial charge in [0.1, 0.15) is 11.5 Å². The van der Waals surface area contributed by atoms with Gasteiger partial charge in [-0.25, -0.2) is 4.98 Å². The van der Waals surface area contributed by atoms with E-state index in [1.165, 1.54) is 21.8 Å². The molecule has 2 amide bonds. The Kier molecular flexibility index (Phi) is 6.70. The standard InChI is InChI=1S/C26H28N4O4S/c1-33-19-8-9-22(34-2)21(13-19)30-15-18(12-24(30)31)25(32)28-26-27-20-10-11-29(16-23(20)35-26)14-17-6-4-3-5-7-17/h3-9,13,18H,10-12,14-16H2,1-2H3,(H,27,28,32). The molecule has 0 spiro atoms. The minimum atomic E-state index is -0.464. The number of hydrogen-bond acceptors (Lipinski definition) is 7. The summed E-state index contributed by atoms with van der Waals surface area (Å²) in [6.45, 7) is 2.94. The number of fused-ring (bicyclic) bond motifs is 1. The van der Waals surface area contributed by atoms with Gasteiger partial charge in [0.2, 0.25) is 11.8 Å². The molecule has 9 heteroatoms. The highest BCUT2D eigenvalue weighted by atomic mass is 32.1. The summed E-state index contributed by atoms with van der Waals surface area (Å²) in [5.41, 5.74) is 2.95. The van der Waals surface area contributed by atoms with Crippen LogP contribution in [-0.2, 0) is 29.1 Å². The van der Waals surface area contributed by atoms with Crippen molar-refractivity contribution in [3.8, 4) is 11.5 Å². The molecule has 2 aliphatic rings. The van der Waals surface area contributed by atoms with E-state index >= 15 is 0 Å². The van der Waals surface area contributed by atoms with Crippen molar-refractivity contribution in [3.05, 3.63) is 64.7 Å². The van der Waals surface area contributed by atoms with Crippen molar-refractivity contribution in [3.63, 3.8) is 0 Å². The van der Waals surface area contributed by atoms with Gasteiger partial charge >= 0.3 is 0 Å². The first-order valence-electron chi connectivity index (χ1n) is 11.6. The van der Waals surface area contributed by atoms with Crippen LogP contribution in [0.3, 0.4) is 0 Å². The molecule has 3 aromatic rings. The van der Waals surface area contributed by atoms with Crippen LogP contribution in [0.15, 0.2) is 48.5 Å². The van der Waals surface area contributed by atoms with E-state index in [1.54, 1.807) is 37.3 Å². The number of nitrogens with zero attached hydrogens (tertiary/aromatic N) is 3. The topological polar surface area (TPSA) is 84.0 Å². The van der Waals surface area contributed by atoms with E-state index in [9.17, 15) is 9.59 Å². The molecular weight excluding hydrogens is 464 g/mol. The van der Waals surface area contributed by atoms with E-state index < -0.39 is 5.92 Å². The minimum absolute atomic E-state index is 0.119. The van der Waals surface area contributed by atoms with Gasteiger partial charge in [-0.1, -0.05) is 30.3 Å². The second kappa shape index (κ2) is 10.1. The van der Waals surface area contributed by atoms with Crippen molar-refractivity contribution in [2.45, 2.75) is 25.9 Å². The SMILES string of the molecule is COc1ccc(OC)c(N2CC(C(=O)Nc3nc4c(s3)CN(Cc3ccccc3)CC4)CC2=O)c1. The Balaban J connectivity index is 1.23. The predicted octanol–water partition coefficient (Wildman–Crippen LogP) is 3.71. The summed E-state index contributed by atoms with van der Waals surface area (Å²) in [7, 11) is 3.13. The molecule has 35 heavy (non-hydrogen) atoms. The maximum absolute atomic E-state index is 13.0. The Bertz CT molecular complexity index is 1230. The summed E-state index contributed by atoms with van der Waals surface area (Å²) >= 11 is 1.53. The molecule has 1 unspecified atom stereocenters. The van der Waals surface area contributed by atoms with Gasteiger partial charge in [0.05, 0.1) is 31.5 Å². The van der Waals surface area contributed by atoms with E-state index in [1.807, 2.05) is 6.07 Å². The summed E-state index contributed by atoms with van der Waals surface area (Å²) in [4.78, 5) is 35.7. The third kappa shape index (κ3) is 5.01. The molecule has 0 radical (unpaired) electrons. The zero-order chi connectivity index (χ0) is 24.4. The molecule has 1 N–H and O–H groups in total. The van der Waals surface area contributed by atoms with Crippen LogP contribution in [0, 0.1) is 5.92 Å². The summed E-state index contributed by atoms with van der Waals surface area (Å²) in [6.07, 6.45) is 1.00. The zero-order valence-electron chi connectivity index (χ0n) is 19.8. The molecule has 2 aliphatic heterocycles. The summed E-state index contributed by atoms with van der Waals surface area (Å²) in [5.74, 6) is 0.416. The number of aromatic nitrogens is 1. The van der Waals surface area contributed by atoms with Gasteiger partial charge in [-0.3, -0.25) is 14.5 Å². The number of hydrogen-bond donors (Lipinski definition) is 1. The van der Waals surface area contributed by atoms with Crippen LogP contribution in [0.2, 0.25) is 0 Å². The fraction of sp³-hybridized carbons (Fsp3) is 0.346. The summed E-state index contributed by atoms with van der Waals surface area (Å²) < 4.78 is 10.7. The number of amides is 2.